The summed E-state index contributed by atoms with van der Waals surface area (Å²) in [5.41, 5.74) is 0.107. The molecule has 0 aliphatic heterocycles. The lowest BCUT2D eigenvalue weighted by Crippen LogP contribution is -2.39. The molecule has 1 aromatic heterocycles. The van der Waals surface area contributed by atoms with Crippen molar-refractivity contribution in [3.05, 3.63) is 46.8 Å². The molecule has 0 unspecified atom stereocenters. The minimum absolute atomic E-state index is 0.0702. The maximum atomic E-state index is 12.8. The number of nitrogens with zero attached hydrogens (tertiary/aromatic N) is 3. The Kier molecular flexibility index (Phi) is 4.53. The van der Waals surface area contributed by atoms with Crippen LogP contribution in [0.3, 0.4) is 0 Å². The molecule has 3 aromatic rings. The van der Waals surface area contributed by atoms with Crippen LogP contribution in [0.1, 0.15) is 25.7 Å². The number of aliphatic hydroxyl groups is 1. The van der Waals surface area contributed by atoms with Crippen molar-refractivity contribution in [1.82, 2.24) is 14.8 Å². The fraction of sp³-hybridized carbons (Fsp3) is 0.350. The van der Waals surface area contributed by atoms with Crippen LogP contribution < -0.4 is 10.9 Å². The Hall–Kier alpha value is -2.93. The molecule has 4 rings (SSSR count). The molecule has 2 aromatic carbocycles. The molecule has 1 aliphatic rings. The maximum absolute atomic E-state index is 12.8. The van der Waals surface area contributed by atoms with E-state index in [2.05, 4.69) is 15.5 Å². The monoisotopic (exact) mass is 366 g/mol. The topological polar surface area (TPSA) is 100 Å². The van der Waals surface area contributed by atoms with Gasteiger partial charge in [-0.05, 0) is 24.3 Å². The summed E-state index contributed by atoms with van der Waals surface area (Å²) in [5, 5.41) is 33.6. The first-order valence-electron chi connectivity index (χ1n) is 9.15. The largest absolute Gasteiger partial charge is 0.507 e. The number of fused-ring (bicyclic) bond motifs is 1. The molecular weight excluding hydrogens is 344 g/mol. The van der Waals surface area contributed by atoms with Crippen LogP contribution >= 0.6 is 0 Å². The summed E-state index contributed by atoms with van der Waals surface area (Å²) in [6.07, 6.45) is 3.01. The Labute approximate surface area is 156 Å². The predicted octanol–water partition coefficient (Wildman–Crippen LogP) is 2.42. The summed E-state index contributed by atoms with van der Waals surface area (Å²) in [5.74, 6) is 0.478. The summed E-state index contributed by atoms with van der Waals surface area (Å²) < 4.78 is 1.37. The highest BCUT2D eigenvalue weighted by molar-refractivity contribution is 5.93. The normalized spacial score (nSPS) is 19.9. The second kappa shape index (κ2) is 7.00. The van der Waals surface area contributed by atoms with Crippen molar-refractivity contribution in [2.24, 2.45) is 7.05 Å². The quantitative estimate of drug-likeness (QED) is 0.658. The zero-order chi connectivity index (χ0) is 19.0. The number of phenolic OH excluding ortho intramolecular Hbond substituents is 1. The van der Waals surface area contributed by atoms with Crippen molar-refractivity contribution >= 4 is 16.6 Å². The van der Waals surface area contributed by atoms with Gasteiger partial charge in [0.05, 0.1) is 17.7 Å². The lowest BCUT2D eigenvalue weighted by molar-refractivity contribution is 0.116. The zero-order valence-corrected chi connectivity index (χ0v) is 15.1. The van der Waals surface area contributed by atoms with E-state index in [1.807, 2.05) is 30.3 Å². The van der Waals surface area contributed by atoms with Gasteiger partial charge in [0.2, 0.25) is 5.82 Å². The van der Waals surface area contributed by atoms with Crippen LogP contribution in [0.4, 0.5) is 5.82 Å². The van der Waals surface area contributed by atoms with Gasteiger partial charge in [-0.25, -0.2) is 0 Å². The van der Waals surface area contributed by atoms with Gasteiger partial charge in [0, 0.05) is 12.4 Å². The predicted molar refractivity (Wildman–Crippen MR) is 104 cm³/mol. The number of aromatic nitrogens is 3. The number of benzene rings is 2. The summed E-state index contributed by atoms with van der Waals surface area (Å²) in [4.78, 5) is 12.8. The van der Waals surface area contributed by atoms with Crippen molar-refractivity contribution in [1.29, 1.82) is 0 Å². The van der Waals surface area contributed by atoms with E-state index in [0.717, 1.165) is 24.6 Å². The van der Waals surface area contributed by atoms with E-state index in [1.165, 1.54) is 4.57 Å². The van der Waals surface area contributed by atoms with Gasteiger partial charge in [-0.3, -0.25) is 9.36 Å². The summed E-state index contributed by atoms with van der Waals surface area (Å²) in [6, 6.07) is 10.9. The lowest BCUT2D eigenvalue weighted by atomic mass is 9.93. The third-order valence-electron chi connectivity index (χ3n) is 5.26. The van der Waals surface area contributed by atoms with E-state index in [-0.39, 0.29) is 29.0 Å². The van der Waals surface area contributed by atoms with Crippen LogP contribution in [0.5, 0.6) is 5.75 Å². The van der Waals surface area contributed by atoms with E-state index >= 15 is 0 Å². The van der Waals surface area contributed by atoms with E-state index in [4.69, 9.17) is 0 Å². The zero-order valence-electron chi connectivity index (χ0n) is 15.1. The molecule has 1 aliphatic carbocycles. The van der Waals surface area contributed by atoms with Gasteiger partial charge in [0.15, 0.2) is 5.82 Å². The van der Waals surface area contributed by atoms with Crippen molar-refractivity contribution in [3.63, 3.8) is 0 Å². The van der Waals surface area contributed by atoms with E-state index in [1.54, 1.807) is 13.1 Å². The highest BCUT2D eigenvalue weighted by Crippen LogP contribution is 2.34. The molecule has 2 atom stereocenters. The number of hydrogen-bond acceptors (Lipinski definition) is 6. The molecule has 0 bridgehead atoms. The maximum Gasteiger partial charge on any atom is 0.296 e. The van der Waals surface area contributed by atoms with Crippen LogP contribution in [0.15, 0.2) is 41.2 Å². The van der Waals surface area contributed by atoms with E-state index in [0.29, 0.717) is 17.4 Å². The standard InChI is InChI=1S/C20H22N4O3/c1-24-19(14-11-10-12-6-2-3-7-13(12)17(14)26)23-22-18(20(24)27)21-15-8-4-5-9-16(15)25/h2-3,6-7,10-11,15-16,25-26H,4-5,8-9H2,1H3,(H,21,22)/t15-,16-/m1/s1. The van der Waals surface area contributed by atoms with Crippen molar-refractivity contribution < 1.29 is 10.2 Å². The minimum atomic E-state index is -0.491. The van der Waals surface area contributed by atoms with Gasteiger partial charge in [0.1, 0.15) is 5.75 Å². The smallest absolute Gasteiger partial charge is 0.296 e. The van der Waals surface area contributed by atoms with Gasteiger partial charge in [0.25, 0.3) is 5.56 Å². The Morgan fingerprint density at radius 2 is 1.89 bits per heavy atom. The van der Waals surface area contributed by atoms with Crippen LogP contribution in [-0.4, -0.2) is 37.1 Å². The van der Waals surface area contributed by atoms with Gasteiger partial charge < -0.3 is 15.5 Å². The first-order chi connectivity index (χ1) is 13.1. The summed E-state index contributed by atoms with van der Waals surface area (Å²) in [6.45, 7) is 0. The SMILES string of the molecule is Cn1c(-c2ccc3ccccc3c2O)nnc(N[C@@H]2CCCC[C@H]2O)c1=O. The molecule has 0 saturated heterocycles. The molecule has 3 N–H and O–H groups in total. The molecule has 0 radical (unpaired) electrons. The number of hydrogen-bond donors (Lipinski definition) is 3. The van der Waals surface area contributed by atoms with E-state index in [9.17, 15) is 15.0 Å². The molecule has 0 spiro atoms. The average Bonchev–Trinajstić information content (AvgIpc) is 2.68. The van der Waals surface area contributed by atoms with Gasteiger partial charge in [-0.15, -0.1) is 10.2 Å². The number of rotatable bonds is 3. The van der Waals surface area contributed by atoms with Crippen molar-refractivity contribution in [2.45, 2.75) is 37.8 Å². The third-order valence-corrected chi connectivity index (χ3v) is 5.26. The number of phenols is 1. The molecule has 7 heteroatoms. The Morgan fingerprint density at radius 1 is 1.11 bits per heavy atom. The highest BCUT2D eigenvalue weighted by Gasteiger charge is 2.25. The molecular formula is C20H22N4O3. The first-order valence-corrected chi connectivity index (χ1v) is 9.15. The van der Waals surface area contributed by atoms with Crippen LogP contribution in [0.25, 0.3) is 22.2 Å². The Balaban J connectivity index is 1.72. The fourth-order valence-electron chi connectivity index (χ4n) is 3.68. The highest BCUT2D eigenvalue weighted by atomic mass is 16.3. The first kappa shape index (κ1) is 17.5. The van der Waals surface area contributed by atoms with Crippen LogP contribution in [0.2, 0.25) is 0 Å². The second-order valence-corrected chi connectivity index (χ2v) is 7.02. The molecule has 1 fully saturated rings. The second-order valence-electron chi connectivity index (χ2n) is 7.02. The third kappa shape index (κ3) is 3.14. The van der Waals surface area contributed by atoms with Crippen molar-refractivity contribution in [2.75, 3.05) is 5.32 Å². The lowest BCUT2D eigenvalue weighted by Gasteiger charge is -2.28. The number of aromatic hydroxyl groups is 1. The molecule has 7 nitrogen and oxygen atoms in total. The Morgan fingerprint density at radius 3 is 2.70 bits per heavy atom. The summed E-state index contributed by atoms with van der Waals surface area (Å²) >= 11 is 0. The number of nitrogens with one attached hydrogen (secondary N) is 1. The molecule has 0 amide bonds. The number of anilines is 1. The molecule has 1 heterocycles. The minimum Gasteiger partial charge on any atom is -0.507 e. The van der Waals surface area contributed by atoms with Crippen LogP contribution in [0, 0.1) is 0 Å². The fourth-order valence-corrected chi connectivity index (χ4v) is 3.68. The van der Waals surface area contributed by atoms with Gasteiger partial charge >= 0.3 is 0 Å². The van der Waals surface area contributed by atoms with Crippen molar-refractivity contribution in [3.8, 4) is 17.1 Å². The molecule has 1 saturated carbocycles. The number of aliphatic hydroxyl groups excluding tert-OH is 1. The van der Waals surface area contributed by atoms with Crippen LogP contribution in [-0.2, 0) is 7.05 Å². The Bertz CT molecular complexity index is 1050. The van der Waals surface area contributed by atoms with Gasteiger partial charge in [-0.2, -0.15) is 0 Å². The van der Waals surface area contributed by atoms with Gasteiger partial charge in [-0.1, -0.05) is 43.2 Å². The molecule has 140 valence electrons. The average molecular weight is 366 g/mol. The molecule has 27 heavy (non-hydrogen) atoms. The summed E-state index contributed by atoms with van der Waals surface area (Å²) in [7, 11) is 1.60. The van der Waals surface area contributed by atoms with E-state index < -0.39 is 6.10 Å².